The van der Waals surface area contributed by atoms with Gasteiger partial charge in [-0.3, -0.25) is 4.79 Å². The number of amides is 1. The number of likely N-dealkylation sites (tertiary alicyclic amines) is 1. The minimum absolute atomic E-state index is 0.0484. The number of aryl methyl sites for hydroxylation is 1. The molecule has 1 heterocycles. The Labute approximate surface area is 135 Å². The summed E-state index contributed by atoms with van der Waals surface area (Å²) in [5, 5.41) is 0.705. The van der Waals surface area contributed by atoms with Crippen LogP contribution in [0.5, 0.6) is 0 Å². The number of benzene rings is 2. The molecule has 22 heavy (non-hydrogen) atoms. The zero-order valence-electron chi connectivity index (χ0n) is 12.6. The zero-order valence-corrected chi connectivity index (χ0v) is 13.3. The summed E-state index contributed by atoms with van der Waals surface area (Å²) in [6, 6.07) is 13.4. The van der Waals surface area contributed by atoms with Crippen molar-refractivity contribution >= 4 is 23.2 Å². The first-order valence-electron chi connectivity index (χ1n) is 7.49. The Hall–Kier alpha value is -2.00. The van der Waals surface area contributed by atoms with Gasteiger partial charge in [-0.2, -0.15) is 0 Å². The first-order chi connectivity index (χ1) is 10.6. The van der Waals surface area contributed by atoms with Gasteiger partial charge >= 0.3 is 0 Å². The molecular formula is C18H19ClN2O. The summed E-state index contributed by atoms with van der Waals surface area (Å²) in [7, 11) is 0. The average Bonchev–Trinajstić information content (AvgIpc) is 2.98. The van der Waals surface area contributed by atoms with Crippen molar-refractivity contribution < 1.29 is 4.79 Å². The van der Waals surface area contributed by atoms with Crippen molar-refractivity contribution in [3.8, 4) is 0 Å². The summed E-state index contributed by atoms with van der Waals surface area (Å²) in [5.74, 6) is 0.0484. The molecule has 1 unspecified atom stereocenters. The third-order valence-corrected chi connectivity index (χ3v) is 4.47. The molecule has 1 saturated heterocycles. The molecule has 2 aromatic rings. The molecule has 0 radical (unpaired) electrons. The highest BCUT2D eigenvalue weighted by atomic mass is 35.5. The fourth-order valence-corrected chi connectivity index (χ4v) is 3.29. The highest BCUT2D eigenvalue weighted by Gasteiger charge is 2.31. The highest BCUT2D eigenvalue weighted by molar-refractivity contribution is 6.30. The van der Waals surface area contributed by atoms with Gasteiger partial charge in [0.1, 0.15) is 0 Å². The SMILES string of the molecule is Cc1ccc(N)cc1C(=O)N1CCCC1c1cccc(Cl)c1. The summed E-state index contributed by atoms with van der Waals surface area (Å²) in [6.07, 6.45) is 1.97. The Bertz CT molecular complexity index is 714. The molecule has 0 bridgehead atoms. The van der Waals surface area contributed by atoms with Crippen LogP contribution in [0.2, 0.25) is 5.02 Å². The van der Waals surface area contributed by atoms with Crippen LogP contribution in [0.15, 0.2) is 42.5 Å². The Morgan fingerprint density at radius 3 is 2.86 bits per heavy atom. The Morgan fingerprint density at radius 1 is 1.27 bits per heavy atom. The molecule has 1 aliphatic heterocycles. The number of nitrogens with zero attached hydrogens (tertiary/aromatic N) is 1. The Kier molecular flexibility index (Phi) is 4.08. The lowest BCUT2D eigenvalue weighted by molar-refractivity contribution is 0.0735. The average molecular weight is 315 g/mol. The van der Waals surface area contributed by atoms with E-state index < -0.39 is 0 Å². The number of nitrogens with two attached hydrogens (primary N) is 1. The fourth-order valence-electron chi connectivity index (χ4n) is 3.09. The first kappa shape index (κ1) is 14.9. The van der Waals surface area contributed by atoms with Crippen LogP contribution in [0.3, 0.4) is 0 Å². The molecule has 1 fully saturated rings. The normalized spacial score (nSPS) is 17.7. The Balaban J connectivity index is 1.93. The number of hydrogen-bond acceptors (Lipinski definition) is 2. The number of anilines is 1. The molecule has 3 rings (SSSR count). The molecular weight excluding hydrogens is 296 g/mol. The maximum Gasteiger partial charge on any atom is 0.254 e. The summed E-state index contributed by atoms with van der Waals surface area (Å²) in [4.78, 5) is 14.9. The van der Waals surface area contributed by atoms with Gasteiger partial charge in [0.15, 0.2) is 0 Å². The molecule has 0 aliphatic carbocycles. The van der Waals surface area contributed by atoms with Gasteiger partial charge in [-0.15, -0.1) is 0 Å². The molecule has 1 amide bonds. The summed E-state index contributed by atoms with van der Waals surface area (Å²) in [6.45, 7) is 2.71. The topological polar surface area (TPSA) is 46.3 Å². The molecule has 0 aromatic heterocycles. The molecule has 2 aromatic carbocycles. The van der Waals surface area contributed by atoms with E-state index in [4.69, 9.17) is 17.3 Å². The van der Waals surface area contributed by atoms with Crippen LogP contribution in [0.4, 0.5) is 5.69 Å². The van der Waals surface area contributed by atoms with E-state index in [-0.39, 0.29) is 11.9 Å². The van der Waals surface area contributed by atoms with Crippen LogP contribution < -0.4 is 5.73 Å². The van der Waals surface area contributed by atoms with Crippen LogP contribution >= 0.6 is 11.6 Å². The third kappa shape index (κ3) is 2.81. The van der Waals surface area contributed by atoms with Crippen molar-refractivity contribution in [3.63, 3.8) is 0 Å². The predicted octanol–water partition coefficient (Wildman–Crippen LogP) is 4.21. The van der Waals surface area contributed by atoms with Crippen molar-refractivity contribution in [2.24, 2.45) is 0 Å². The number of carbonyl (C=O) groups excluding carboxylic acids is 1. The largest absolute Gasteiger partial charge is 0.399 e. The second-order valence-electron chi connectivity index (χ2n) is 5.79. The lowest BCUT2D eigenvalue weighted by Gasteiger charge is -2.26. The summed E-state index contributed by atoms with van der Waals surface area (Å²) < 4.78 is 0. The summed E-state index contributed by atoms with van der Waals surface area (Å²) in [5.41, 5.74) is 9.20. The van der Waals surface area contributed by atoms with Crippen LogP contribution in [0.25, 0.3) is 0 Å². The zero-order chi connectivity index (χ0) is 15.7. The predicted molar refractivity (Wildman–Crippen MR) is 90.1 cm³/mol. The van der Waals surface area contributed by atoms with Crippen LogP contribution in [-0.4, -0.2) is 17.4 Å². The van der Waals surface area contributed by atoms with Crippen molar-refractivity contribution in [2.45, 2.75) is 25.8 Å². The monoisotopic (exact) mass is 314 g/mol. The number of halogens is 1. The lowest BCUT2D eigenvalue weighted by Crippen LogP contribution is -2.31. The first-order valence-corrected chi connectivity index (χ1v) is 7.86. The molecule has 3 nitrogen and oxygen atoms in total. The maximum atomic E-state index is 12.9. The van der Waals surface area contributed by atoms with E-state index in [0.717, 1.165) is 30.5 Å². The molecule has 2 N–H and O–H groups in total. The van der Waals surface area contributed by atoms with E-state index in [2.05, 4.69) is 0 Å². The Morgan fingerprint density at radius 2 is 2.09 bits per heavy atom. The molecule has 0 spiro atoms. The van der Waals surface area contributed by atoms with Crippen LogP contribution in [0.1, 0.15) is 40.4 Å². The lowest BCUT2D eigenvalue weighted by atomic mass is 10.0. The summed E-state index contributed by atoms with van der Waals surface area (Å²) >= 11 is 6.09. The van der Waals surface area contributed by atoms with Gasteiger partial charge in [-0.05, 0) is 55.2 Å². The maximum absolute atomic E-state index is 12.9. The number of hydrogen-bond donors (Lipinski definition) is 1. The van der Waals surface area contributed by atoms with Crippen molar-refractivity contribution in [1.29, 1.82) is 0 Å². The number of carbonyl (C=O) groups is 1. The van der Waals surface area contributed by atoms with E-state index in [1.807, 2.05) is 48.2 Å². The van der Waals surface area contributed by atoms with E-state index in [1.165, 1.54) is 0 Å². The van der Waals surface area contributed by atoms with Gasteiger partial charge in [0, 0.05) is 22.8 Å². The molecule has 4 heteroatoms. The van der Waals surface area contributed by atoms with Crippen molar-refractivity contribution in [3.05, 3.63) is 64.2 Å². The minimum Gasteiger partial charge on any atom is -0.399 e. The van der Waals surface area contributed by atoms with Crippen molar-refractivity contribution in [2.75, 3.05) is 12.3 Å². The molecule has 1 aliphatic rings. The van der Waals surface area contributed by atoms with Gasteiger partial charge in [0.25, 0.3) is 5.91 Å². The van der Waals surface area contributed by atoms with Gasteiger partial charge in [-0.1, -0.05) is 29.8 Å². The highest BCUT2D eigenvalue weighted by Crippen LogP contribution is 2.34. The van der Waals surface area contributed by atoms with E-state index in [1.54, 1.807) is 6.07 Å². The minimum atomic E-state index is 0.0484. The number of rotatable bonds is 2. The van der Waals surface area contributed by atoms with Gasteiger partial charge < -0.3 is 10.6 Å². The van der Waals surface area contributed by atoms with Crippen LogP contribution in [0, 0.1) is 6.92 Å². The second-order valence-corrected chi connectivity index (χ2v) is 6.22. The standard InChI is InChI=1S/C18H19ClN2O/c1-12-7-8-15(20)11-16(12)18(22)21-9-3-6-17(21)13-4-2-5-14(19)10-13/h2,4-5,7-8,10-11,17H,3,6,9,20H2,1H3. The molecule has 1 atom stereocenters. The van der Waals surface area contributed by atoms with E-state index >= 15 is 0 Å². The van der Waals surface area contributed by atoms with Gasteiger partial charge in [0.2, 0.25) is 0 Å². The second kappa shape index (κ2) is 6.01. The number of nitrogen functional groups attached to an aromatic ring is 1. The molecule has 0 saturated carbocycles. The van der Waals surface area contributed by atoms with Crippen LogP contribution in [-0.2, 0) is 0 Å². The fraction of sp³-hybridized carbons (Fsp3) is 0.278. The van der Waals surface area contributed by atoms with E-state index in [9.17, 15) is 4.79 Å². The van der Waals surface area contributed by atoms with E-state index in [0.29, 0.717) is 16.3 Å². The van der Waals surface area contributed by atoms with Gasteiger partial charge in [0.05, 0.1) is 6.04 Å². The van der Waals surface area contributed by atoms with Crippen molar-refractivity contribution in [1.82, 2.24) is 4.90 Å². The smallest absolute Gasteiger partial charge is 0.254 e. The third-order valence-electron chi connectivity index (χ3n) is 4.24. The molecule has 114 valence electrons. The van der Waals surface area contributed by atoms with Gasteiger partial charge in [-0.25, -0.2) is 0 Å². The quantitative estimate of drug-likeness (QED) is 0.844.